The summed E-state index contributed by atoms with van der Waals surface area (Å²) < 4.78 is 32.5. The third-order valence-electron chi connectivity index (χ3n) is 2.88. The van der Waals surface area contributed by atoms with Gasteiger partial charge in [-0.25, -0.2) is 13.1 Å². The van der Waals surface area contributed by atoms with Crippen molar-refractivity contribution in [3.8, 4) is 5.75 Å². The van der Waals surface area contributed by atoms with Crippen LogP contribution >= 0.6 is 11.3 Å². The minimum atomic E-state index is -3.48. The van der Waals surface area contributed by atoms with E-state index >= 15 is 0 Å². The predicted octanol–water partition coefficient (Wildman–Crippen LogP) is 1.95. The number of nitrogens with one attached hydrogen (secondary N) is 2. The maximum Gasteiger partial charge on any atom is 0.250 e. The molecule has 0 bridgehead atoms. The summed E-state index contributed by atoms with van der Waals surface area (Å²) in [5.41, 5.74) is 1.81. The van der Waals surface area contributed by atoms with E-state index in [0.717, 1.165) is 11.1 Å². The Morgan fingerprint density at radius 2 is 2.00 bits per heavy atom. The average Bonchev–Trinajstić information content (AvgIpc) is 2.95. The summed E-state index contributed by atoms with van der Waals surface area (Å²) in [7, 11) is -0.0678. The maximum absolute atomic E-state index is 12.2. The molecule has 0 saturated carbocycles. The first-order chi connectivity index (χ1) is 10.0. The number of thiophene rings is 1. The van der Waals surface area contributed by atoms with Crippen molar-refractivity contribution in [3.05, 3.63) is 46.8 Å². The predicted molar refractivity (Wildman–Crippen MR) is 84.1 cm³/mol. The van der Waals surface area contributed by atoms with Crippen LogP contribution in [0.5, 0.6) is 5.75 Å². The van der Waals surface area contributed by atoms with Crippen molar-refractivity contribution in [2.75, 3.05) is 14.2 Å². The lowest BCUT2D eigenvalue weighted by atomic mass is 10.2. The van der Waals surface area contributed by atoms with Gasteiger partial charge in [0, 0.05) is 13.1 Å². The van der Waals surface area contributed by atoms with Crippen molar-refractivity contribution >= 4 is 21.4 Å². The Morgan fingerprint density at radius 1 is 1.19 bits per heavy atom. The third-order valence-corrected chi connectivity index (χ3v) is 5.77. The molecular formula is C14H18N2O3S2. The van der Waals surface area contributed by atoms with Crippen LogP contribution in [0.25, 0.3) is 0 Å². The van der Waals surface area contributed by atoms with Gasteiger partial charge in [-0.05, 0) is 41.8 Å². The highest BCUT2D eigenvalue weighted by molar-refractivity contribution is 7.91. The number of benzene rings is 1. The molecule has 2 aromatic rings. The highest BCUT2D eigenvalue weighted by Gasteiger charge is 2.16. The van der Waals surface area contributed by atoms with Gasteiger partial charge in [-0.15, -0.1) is 11.3 Å². The Kier molecular flexibility index (Phi) is 5.35. The van der Waals surface area contributed by atoms with Gasteiger partial charge in [-0.2, -0.15) is 0 Å². The van der Waals surface area contributed by atoms with Crippen LogP contribution in [0.2, 0.25) is 0 Å². The normalized spacial score (nSPS) is 11.5. The van der Waals surface area contributed by atoms with Gasteiger partial charge in [0.15, 0.2) is 0 Å². The molecule has 2 rings (SSSR count). The lowest BCUT2D eigenvalue weighted by Crippen LogP contribution is -2.22. The largest absolute Gasteiger partial charge is 0.497 e. The Morgan fingerprint density at radius 3 is 2.71 bits per heavy atom. The summed E-state index contributed by atoms with van der Waals surface area (Å²) in [6.45, 7) is 0.890. The number of methoxy groups -OCH3 is 1. The van der Waals surface area contributed by atoms with Crippen molar-refractivity contribution in [1.29, 1.82) is 0 Å². The molecule has 0 spiro atoms. The Hall–Kier alpha value is -1.41. The van der Waals surface area contributed by atoms with E-state index < -0.39 is 10.0 Å². The average molecular weight is 326 g/mol. The highest BCUT2D eigenvalue weighted by atomic mass is 32.2. The van der Waals surface area contributed by atoms with Gasteiger partial charge >= 0.3 is 0 Å². The fourth-order valence-corrected chi connectivity index (χ4v) is 4.09. The number of hydrogen-bond acceptors (Lipinski definition) is 5. The van der Waals surface area contributed by atoms with Gasteiger partial charge in [0.05, 0.1) is 7.11 Å². The van der Waals surface area contributed by atoms with Crippen LogP contribution in [0.15, 0.2) is 39.9 Å². The van der Waals surface area contributed by atoms with E-state index in [2.05, 4.69) is 10.0 Å². The third kappa shape index (κ3) is 4.28. The van der Waals surface area contributed by atoms with Gasteiger partial charge < -0.3 is 10.1 Å². The van der Waals surface area contributed by atoms with Crippen LogP contribution in [0.1, 0.15) is 11.1 Å². The minimum absolute atomic E-state index is 0.235. The smallest absolute Gasteiger partial charge is 0.250 e. The van der Waals surface area contributed by atoms with Gasteiger partial charge in [0.1, 0.15) is 9.96 Å². The van der Waals surface area contributed by atoms with Crippen LogP contribution in [-0.4, -0.2) is 22.6 Å². The van der Waals surface area contributed by atoms with E-state index in [9.17, 15) is 8.42 Å². The summed E-state index contributed by atoms with van der Waals surface area (Å²) in [5.74, 6) is 0.708. The monoisotopic (exact) mass is 326 g/mol. The van der Waals surface area contributed by atoms with Crippen molar-refractivity contribution in [1.82, 2.24) is 10.0 Å². The van der Waals surface area contributed by atoms with E-state index in [1.807, 2.05) is 36.7 Å². The standard InChI is InChI=1S/C14H18N2O3S2/c1-15-8-12-7-14(20-10-12)21(17,18)16-9-11-4-3-5-13(6-11)19-2/h3-7,10,15-16H,8-9H2,1-2H3. The second-order valence-corrected chi connectivity index (χ2v) is 7.39. The molecule has 1 aromatic carbocycles. The summed E-state index contributed by atoms with van der Waals surface area (Å²) in [4.78, 5) is 0. The molecule has 0 atom stereocenters. The number of hydrogen-bond donors (Lipinski definition) is 2. The second-order valence-electron chi connectivity index (χ2n) is 4.48. The molecule has 0 aliphatic carbocycles. The molecule has 0 radical (unpaired) electrons. The zero-order chi connectivity index (χ0) is 15.3. The van der Waals surface area contributed by atoms with E-state index in [0.29, 0.717) is 16.5 Å². The number of sulfonamides is 1. The number of ether oxygens (including phenoxy) is 1. The molecule has 7 heteroatoms. The first-order valence-electron chi connectivity index (χ1n) is 6.40. The lowest BCUT2D eigenvalue weighted by molar-refractivity contribution is 0.414. The molecule has 2 N–H and O–H groups in total. The quantitative estimate of drug-likeness (QED) is 0.816. The van der Waals surface area contributed by atoms with Gasteiger partial charge in [0.25, 0.3) is 0 Å². The fraction of sp³-hybridized carbons (Fsp3) is 0.286. The highest BCUT2D eigenvalue weighted by Crippen LogP contribution is 2.20. The zero-order valence-corrected chi connectivity index (χ0v) is 13.6. The molecule has 0 aliphatic rings. The molecule has 0 saturated heterocycles. The molecule has 0 fully saturated rings. The van der Waals surface area contributed by atoms with Crippen LogP contribution < -0.4 is 14.8 Å². The van der Waals surface area contributed by atoms with Gasteiger partial charge in [-0.3, -0.25) is 0 Å². The Bertz CT molecular complexity index is 696. The summed E-state index contributed by atoms with van der Waals surface area (Å²) in [6, 6.07) is 9.00. The molecule has 1 aromatic heterocycles. The van der Waals surface area contributed by atoms with Crippen molar-refractivity contribution < 1.29 is 13.2 Å². The van der Waals surface area contributed by atoms with Crippen molar-refractivity contribution in [2.45, 2.75) is 17.3 Å². The molecule has 114 valence electrons. The lowest BCUT2D eigenvalue weighted by Gasteiger charge is -2.06. The van der Waals surface area contributed by atoms with Crippen LogP contribution in [-0.2, 0) is 23.1 Å². The number of rotatable bonds is 7. The topological polar surface area (TPSA) is 67.4 Å². The SMILES string of the molecule is CNCc1csc(S(=O)(=O)NCc2cccc(OC)c2)c1. The fourth-order valence-electron chi connectivity index (χ4n) is 1.82. The van der Waals surface area contributed by atoms with Gasteiger partial charge in [-0.1, -0.05) is 12.1 Å². The molecule has 1 heterocycles. The molecular weight excluding hydrogens is 308 g/mol. The van der Waals surface area contributed by atoms with E-state index in [1.165, 1.54) is 11.3 Å². The molecule has 0 unspecified atom stereocenters. The molecule has 21 heavy (non-hydrogen) atoms. The van der Waals surface area contributed by atoms with Crippen molar-refractivity contribution in [3.63, 3.8) is 0 Å². The van der Waals surface area contributed by atoms with Gasteiger partial charge in [0.2, 0.25) is 10.0 Å². The minimum Gasteiger partial charge on any atom is -0.497 e. The summed E-state index contributed by atoms with van der Waals surface area (Å²) in [5, 5.41) is 4.84. The Labute approximate surface area is 129 Å². The second kappa shape index (κ2) is 7.04. The molecule has 0 amide bonds. The molecule has 5 nitrogen and oxygen atoms in total. The van der Waals surface area contributed by atoms with E-state index in [-0.39, 0.29) is 6.54 Å². The summed E-state index contributed by atoms with van der Waals surface area (Å²) in [6.07, 6.45) is 0. The van der Waals surface area contributed by atoms with Crippen molar-refractivity contribution in [2.24, 2.45) is 0 Å². The Balaban J connectivity index is 2.06. The molecule has 0 aliphatic heterocycles. The summed E-state index contributed by atoms with van der Waals surface area (Å²) >= 11 is 1.22. The first-order valence-corrected chi connectivity index (χ1v) is 8.76. The maximum atomic E-state index is 12.2. The van der Waals surface area contributed by atoms with E-state index in [1.54, 1.807) is 13.2 Å². The van der Waals surface area contributed by atoms with Crippen LogP contribution in [0.4, 0.5) is 0 Å². The van der Waals surface area contributed by atoms with Crippen LogP contribution in [0, 0.1) is 0 Å². The van der Waals surface area contributed by atoms with E-state index in [4.69, 9.17) is 4.74 Å². The first kappa shape index (κ1) is 16.0. The van der Waals surface area contributed by atoms with Crippen LogP contribution in [0.3, 0.4) is 0 Å². The zero-order valence-electron chi connectivity index (χ0n) is 11.9.